The van der Waals surface area contributed by atoms with Gasteiger partial charge < -0.3 is 10.2 Å². The number of amides is 1. The minimum absolute atomic E-state index is 0.152. The van der Waals surface area contributed by atoms with Gasteiger partial charge in [-0.2, -0.15) is 11.8 Å². The molecule has 2 heterocycles. The summed E-state index contributed by atoms with van der Waals surface area (Å²) in [7, 11) is 1.93. The van der Waals surface area contributed by atoms with Crippen LogP contribution in [0.4, 0.5) is 5.69 Å². The number of benzene rings is 1. The standard InChI is InChI=1S/C14H18N2OS/c1-16(12-5-7-18-9-12)14(17)11-3-2-10-4-6-15-13(10)8-11/h2-3,8,12,15H,4-7,9H2,1H3. The van der Waals surface area contributed by atoms with Gasteiger partial charge in [0.2, 0.25) is 0 Å². The van der Waals surface area contributed by atoms with Crippen LogP contribution >= 0.6 is 11.8 Å². The average Bonchev–Trinajstić information content (AvgIpc) is 3.06. The third-order valence-electron chi connectivity index (χ3n) is 3.84. The molecule has 0 aliphatic carbocycles. The molecule has 1 fully saturated rings. The Balaban J connectivity index is 1.79. The number of rotatable bonds is 2. The molecule has 1 atom stereocenters. The predicted octanol–water partition coefficient (Wildman–Crippen LogP) is 2.23. The highest BCUT2D eigenvalue weighted by Crippen LogP contribution is 2.26. The van der Waals surface area contributed by atoms with E-state index in [0.29, 0.717) is 6.04 Å². The highest BCUT2D eigenvalue weighted by molar-refractivity contribution is 7.99. The Morgan fingerprint density at radius 2 is 2.39 bits per heavy atom. The van der Waals surface area contributed by atoms with Gasteiger partial charge in [-0.05, 0) is 36.3 Å². The van der Waals surface area contributed by atoms with E-state index in [-0.39, 0.29) is 5.91 Å². The number of anilines is 1. The molecule has 0 bridgehead atoms. The first-order valence-electron chi connectivity index (χ1n) is 6.47. The van der Waals surface area contributed by atoms with Gasteiger partial charge >= 0.3 is 0 Å². The van der Waals surface area contributed by atoms with Crippen LogP contribution in [0.3, 0.4) is 0 Å². The number of hydrogen-bond donors (Lipinski definition) is 1. The van der Waals surface area contributed by atoms with Crippen molar-refractivity contribution < 1.29 is 4.79 Å². The lowest BCUT2D eigenvalue weighted by atomic mass is 10.1. The quantitative estimate of drug-likeness (QED) is 0.887. The first-order valence-corrected chi connectivity index (χ1v) is 7.63. The molecule has 4 heteroatoms. The zero-order chi connectivity index (χ0) is 12.5. The maximum atomic E-state index is 12.4. The van der Waals surface area contributed by atoms with Crippen molar-refractivity contribution in [2.24, 2.45) is 0 Å². The molecule has 0 radical (unpaired) electrons. The van der Waals surface area contributed by atoms with Gasteiger partial charge in [0.1, 0.15) is 0 Å². The lowest BCUT2D eigenvalue weighted by molar-refractivity contribution is 0.0748. The first-order chi connectivity index (χ1) is 8.75. The molecule has 1 N–H and O–H groups in total. The lowest BCUT2D eigenvalue weighted by Crippen LogP contribution is -2.36. The Hall–Kier alpha value is -1.16. The molecule has 18 heavy (non-hydrogen) atoms. The van der Waals surface area contributed by atoms with Crippen LogP contribution in [0.25, 0.3) is 0 Å². The molecule has 96 valence electrons. The van der Waals surface area contributed by atoms with Crippen molar-refractivity contribution in [2.75, 3.05) is 30.4 Å². The predicted molar refractivity (Wildman–Crippen MR) is 76.5 cm³/mol. The number of fused-ring (bicyclic) bond motifs is 1. The summed E-state index contributed by atoms with van der Waals surface area (Å²) in [6, 6.07) is 6.46. The van der Waals surface area contributed by atoms with Crippen LogP contribution in [0.15, 0.2) is 18.2 Å². The summed E-state index contributed by atoms with van der Waals surface area (Å²) in [5.41, 5.74) is 3.27. The fraction of sp³-hybridized carbons (Fsp3) is 0.500. The molecular formula is C14H18N2OS. The minimum Gasteiger partial charge on any atom is -0.384 e. The molecule has 3 nitrogen and oxygen atoms in total. The number of hydrogen-bond acceptors (Lipinski definition) is 3. The van der Waals surface area contributed by atoms with Crippen molar-refractivity contribution in [3.05, 3.63) is 29.3 Å². The van der Waals surface area contributed by atoms with E-state index in [1.807, 2.05) is 35.8 Å². The fourth-order valence-electron chi connectivity index (χ4n) is 2.62. The van der Waals surface area contributed by atoms with Crippen LogP contribution in [-0.2, 0) is 6.42 Å². The molecule has 1 unspecified atom stereocenters. The molecule has 1 aromatic carbocycles. The maximum Gasteiger partial charge on any atom is 0.253 e. The van der Waals surface area contributed by atoms with Crippen molar-refractivity contribution in [2.45, 2.75) is 18.9 Å². The molecule has 3 rings (SSSR count). The Labute approximate surface area is 112 Å². The van der Waals surface area contributed by atoms with Gasteiger partial charge in [0.05, 0.1) is 0 Å². The average molecular weight is 262 g/mol. The van der Waals surface area contributed by atoms with Gasteiger partial charge in [0.25, 0.3) is 5.91 Å². The summed E-state index contributed by atoms with van der Waals surface area (Å²) in [5.74, 6) is 2.40. The van der Waals surface area contributed by atoms with E-state index >= 15 is 0 Å². The Morgan fingerprint density at radius 3 is 3.17 bits per heavy atom. The van der Waals surface area contributed by atoms with Crippen LogP contribution in [0, 0.1) is 0 Å². The van der Waals surface area contributed by atoms with Gasteiger partial charge in [0, 0.05) is 36.6 Å². The Morgan fingerprint density at radius 1 is 1.50 bits per heavy atom. The third kappa shape index (κ3) is 2.09. The first kappa shape index (κ1) is 11.9. The molecule has 0 spiro atoms. The molecule has 0 saturated carbocycles. The fourth-order valence-corrected chi connectivity index (χ4v) is 3.89. The Kier molecular flexibility index (Phi) is 3.20. The van der Waals surface area contributed by atoms with E-state index in [1.165, 1.54) is 11.3 Å². The summed E-state index contributed by atoms with van der Waals surface area (Å²) in [6.07, 6.45) is 2.19. The SMILES string of the molecule is CN(C(=O)c1ccc2c(c1)NCC2)C1CCSC1. The summed E-state index contributed by atoms with van der Waals surface area (Å²) < 4.78 is 0. The van der Waals surface area contributed by atoms with Crippen molar-refractivity contribution >= 4 is 23.4 Å². The van der Waals surface area contributed by atoms with Crippen LogP contribution in [0.2, 0.25) is 0 Å². The van der Waals surface area contributed by atoms with Crippen LogP contribution in [-0.4, -0.2) is 41.9 Å². The van der Waals surface area contributed by atoms with E-state index in [0.717, 1.165) is 36.4 Å². The normalized spacial score (nSPS) is 21.5. The van der Waals surface area contributed by atoms with E-state index < -0.39 is 0 Å². The largest absolute Gasteiger partial charge is 0.384 e. The van der Waals surface area contributed by atoms with Crippen LogP contribution in [0.1, 0.15) is 22.3 Å². The van der Waals surface area contributed by atoms with Gasteiger partial charge in [-0.3, -0.25) is 4.79 Å². The summed E-state index contributed by atoms with van der Waals surface area (Å²) >= 11 is 1.94. The van der Waals surface area contributed by atoms with Crippen molar-refractivity contribution in [1.29, 1.82) is 0 Å². The number of thioether (sulfide) groups is 1. The highest BCUT2D eigenvalue weighted by Gasteiger charge is 2.25. The van der Waals surface area contributed by atoms with E-state index in [1.54, 1.807) is 0 Å². The topological polar surface area (TPSA) is 32.3 Å². The van der Waals surface area contributed by atoms with Crippen LogP contribution < -0.4 is 5.32 Å². The third-order valence-corrected chi connectivity index (χ3v) is 4.99. The summed E-state index contributed by atoms with van der Waals surface area (Å²) in [5, 5.41) is 3.33. The van der Waals surface area contributed by atoms with Gasteiger partial charge in [-0.25, -0.2) is 0 Å². The number of nitrogens with one attached hydrogen (secondary N) is 1. The molecule has 2 aliphatic heterocycles. The summed E-state index contributed by atoms with van der Waals surface area (Å²) in [6.45, 7) is 0.988. The van der Waals surface area contributed by atoms with Gasteiger partial charge in [-0.1, -0.05) is 6.07 Å². The zero-order valence-corrected chi connectivity index (χ0v) is 11.4. The van der Waals surface area contributed by atoms with Gasteiger partial charge in [-0.15, -0.1) is 0 Å². The Bertz CT molecular complexity index is 469. The second-order valence-electron chi connectivity index (χ2n) is 4.98. The van der Waals surface area contributed by atoms with Gasteiger partial charge in [0.15, 0.2) is 0 Å². The molecular weight excluding hydrogens is 244 g/mol. The zero-order valence-electron chi connectivity index (χ0n) is 10.6. The second-order valence-corrected chi connectivity index (χ2v) is 6.13. The second kappa shape index (κ2) is 4.84. The molecule has 0 aromatic heterocycles. The number of nitrogens with zero attached hydrogens (tertiary/aromatic N) is 1. The van der Waals surface area contributed by atoms with E-state index in [2.05, 4.69) is 11.4 Å². The molecule has 1 aromatic rings. The monoisotopic (exact) mass is 262 g/mol. The smallest absolute Gasteiger partial charge is 0.253 e. The van der Waals surface area contributed by atoms with Crippen LogP contribution in [0.5, 0.6) is 0 Å². The van der Waals surface area contributed by atoms with E-state index in [9.17, 15) is 4.79 Å². The van der Waals surface area contributed by atoms with Crippen molar-refractivity contribution in [3.63, 3.8) is 0 Å². The number of carbonyl (C=O) groups is 1. The molecule has 1 amide bonds. The molecule has 1 saturated heterocycles. The summed E-state index contributed by atoms with van der Waals surface area (Å²) in [4.78, 5) is 14.3. The number of carbonyl (C=O) groups excluding carboxylic acids is 1. The van der Waals surface area contributed by atoms with Crippen molar-refractivity contribution in [3.8, 4) is 0 Å². The molecule has 2 aliphatic rings. The maximum absolute atomic E-state index is 12.4. The highest BCUT2D eigenvalue weighted by atomic mass is 32.2. The van der Waals surface area contributed by atoms with E-state index in [4.69, 9.17) is 0 Å². The van der Waals surface area contributed by atoms with Crippen molar-refractivity contribution in [1.82, 2.24) is 4.90 Å². The minimum atomic E-state index is 0.152. The lowest BCUT2D eigenvalue weighted by Gasteiger charge is -2.24.